The van der Waals surface area contributed by atoms with Crippen molar-refractivity contribution in [2.45, 2.75) is 18.6 Å². The quantitative estimate of drug-likeness (QED) is 0.353. The summed E-state index contributed by atoms with van der Waals surface area (Å²) in [5.74, 6) is -2.38. The van der Waals surface area contributed by atoms with Crippen molar-refractivity contribution in [1.29, 1.82) is 0 Å². The fourth-order valence-corrected chi connectivity index (χ4v) is 5.25. The number of nitrogens with one attached hydrogen (secondary N) is 2. The predicted octanol–water partition coefficient (Wildman–Crippen LogP) is 3.94. The average molecular weight is 524 g/mol. The Morgan fingerprint density at radius 3 is 2.56 bits per heavy atom. The van der Waals surface area contributed by atoms with Crippen molar-refractivity contribution in [2.75, 3.05) is 23.9 Å². The van der Waals surface area contributed by atoms with Crippen molar-refractivity contribution >= 4 is 50.7 Å². The molecule has 1 heterocycles. The largest absolute Gasteiger partial charge is 0.463 e. The Morgan fingerprint density at radius 2 is 1.97 bits per heavy atom. The third-order valence-corrected chi connectivity index (χ3v) is 7.36. The Morgan fingerprint density at radius 1 is 1.32 bits per heavy atom. The highest BCUT2D eigenvalue weighted by Gasteiger charge is 2.44. The molecule has 1 saturated heterocycles. The molecule has 0 aliphatic carbocycles. The highest BCUT2D eigenvalue weighted by Crippen LogP contribution is 2.44. The number of hydrogen-bond acceptors (Lipinski definition) is 5. The first-order chi connectivity index (χ1) is 15.6. The van der Waals surface area contributed by atoms with E-state index in [9.17, 15) is 26.4 Å². The highest BCUT2D eigenvalue weighted by atomic mass is 35.5. The van der Waals surface area contributed by atoms with Crippen LogP contribution in [0.25, 0.3) is 0 Å². The van der Waals surface area contributed by atoms with E-state index in [4.69, 9.17) is 22.4 Å². The van der Waals surface area contributed by atoms with Gasteiger partial charge in [0.1, 0.15) is 0 Å². The van der Waals surface area contributed by atoms with Crippen molar-refractivity contribution < 1.29 is 35.9 Å². The van der Waals surface area contributed by atoms with Gasteiger partial charge in [0.05, 0.1) is 38.9 Å². The molecule has 1 aliphatic rings. The van der Waals surface area contributed by atoms with Gasteiger partial charge in [-0.3, -0.25) is 0 Å². The normalized spacial score (nSPS) is 21.3. The standard InChI is InChI=1S/C19H18ClF4N5O4S/c1-18(8-34(32,33)29(2)16(28-18)27-17(30)31)9-4-3-5-12(14(9)21)26-15-11(25)7-6-10(20)13(15)19(22,23)24/h3-7,26H,8,25H2,1-2H3,(H,27,28)(H,30,31)/t18-/m0/s1. The molecule has 15 heteroatoms. The molecule has 2 aromatic carbocycles. The van der Waals surface area contributed by atoms with Crippen LogP contribution in [0.3, 0.4) is 0 Å². The molecule has 0 bridgehead atoms. The monoisotopic (exact) mass is 523 g/mol. The summed E-state index contributed by atoms with van der Waals surface area (Å²) in [6, 6.07) is 5.68. The number of sulfonamides is 1. The Balaban J connectivity index is 2.13. The summed E-state index contributed by atoms with van der Waals surface area (Å²) in [7, 11) is -3.07. The molecule has 0 unspecified atom stereocenters. The summed E-state index contributed by atoms with van der Waals surface area (Å²) < 4.78 is 82.1. The lowest BCUT2D eigenvalue weighted by Crippen LogP contribution is -2.61. The molecular weight excluding hydrogens is 506 g/mol. The van der Waals surface area contributed by atoms with Crippen LogP contribution in [-0.4, -0.2) is 42.7 Å². The Kier molecular flexibility index (Phi) is 6.35. The van der Waals surface area contributed by atoms with Gasteiger partial charge in [-0.05, 0) is 25.1 Å². The zero-order valence-corrected chi connectivity index (χ0v) is 19.1. The van der Waals surface area contributed by atoms with Crippen molar-refractivity contribution in [3.63, 3.8) is 0 Å². The number of amides is 1. The lowest BCUT2D eigenvalue weighted by Gasteiger charge is -2.40. The van der Waals surface area contributed by atoms with Gasteiger partial charge < -0.3 is 21.5 Å². The first-order valence-corrected chi connectivity index (χ1v) is 11.3. The number of guanidine groups is 1. The smallest absolute Gasteiger partial charge is 0.434 e. The molecule has 0 saturated carbocycles. The van der Waals surface area contributed by atoms with Crippen LogP contribution >= 0.6 is 11.6 Å². The third-order valence-electron chi connectivity index (χ3n) is 5.10. The molecule has 3 rings (SSSR count). The van der Waals surface area contributed by atoms with Crippen LogP contribution in [-0.2, 0) is 21.7 Å². The van der Waals surface area contributed by atoms with Gasteiger partial charge in [-0.15, -0.1) is 4.99 Å². The molecule has 1 aliphatic heterocycles. The third kappa shape index (κ3) is 4.68. The SMILES string of the molecule is CN1/C(=N/C(=O)O)N[C@](C)(c2cccc(Nc3c(N)ccc(Cl)c3C(F)(F)F)c2F)CS1(=O)=O. The number of nitrogens with zero attached hydrogens (tertiary/aromatic N) is 2. The van der Waals surface area contributed by atoms with E-state index in [-0.39, 0.29) is 11.3 Å². The topological polar surface area (TPSA) is 137 Å². The molecule has 0 aromatic heterocycles. The summed E-state index contributed by atoms with van der Waals surface area (Å²) in [6.45, 7) is 1.28. The van der Waals surface area contributed by atoms with Gasteiger partial charge in [-0.25, -0.2) is 21.9 Å². The summed E-state index contributed by atoms with van der Waals surface area (Å²) in [5, 5.41) is 13.2. The number of anilines is 3. The second kappa shape index (κ2) is 8.51. The zero-order chi connectivity index (χ0) is 25.6. The van der Waals surface area contributed by atoms with Crippen LogP contribution < -0.4 is 16.4 Å². The fraction of sp³-hybridized carbons (Fsp3) is 0.263. The molecule has 0 radical (unpaired) electrons. The molecule has 9 nitrogen and oxygen atoms in total. The fourth-order valence-electron chi connectivity index (χ4n) is 3.48. The summed E-state index contributed by atoms with van der Waals surface area (Å²) >= 11 is 5.72. The molecule has 34 heavy (non-hydrogen) atoms. The van der Waals surface area contributed by atoms with Gasteiger partial charge in [0.25, 0.3) is 0 Å². The predicted molar refractivity (Wildman–Crippen MR) is 118 cm³/mol. The van der Waals surface area contributed by atoms with Gasteiger partial charge in [-0.2, -0.15) is 13.2 Å². The number of aliphatic imine (C=N–C) groups is 1. The van der Waals surface area contributed by atoms with Crippen LogP contribution in [0.15, 0.2) is 35.3 Å². The van der Waals surface area contributed by atoms with E-state index in [0.29, 0.717) is 4.31 Å². The van der Waals surface area contributed by atoms with E-state index in [0.717, 1.165) is 25.2 Å². The number of carbonyl (C=O) groups is 1. The van der Waals surface area contributed by atoms with Crippen LogP contribution in [0.2, 0.25) is 5.02 Å². The van der Waals surface area contributed by atoms with Crippen LogP contribution in [0, 0.1) is 5.82 Å². The number of nitrogens with two attached hydrogens (primary N) is 1. The molecule has 2 aromatic rings. The number of hydrogen-bond donors (Lipinski definition) is 4. The van der Waals surface area contributed by atoms with Gasteiger partial charge in [0.2, 0.25) is 16.0 Å². The van der Waals surface area contributed by atoms with Crippen molar-refractivity contribution in [3.8, 4) is 0 Å². The van der Waals surface area contributed by atoms with Crippen LogP contribution in [0.5, 0.6) is 0 Å². The van der Waals surface area contributed by atoms with Crippen molar-refractivity contribution in [2.24, 2.45) is 4.99 Å². The number of nitrogen functional groups attached to an aromatic ring is 1. The summed E-state index contributed by atoms with van der Waals surface area (Å²) in [6.07, 6.45) is -6.61. The number of rotatable bonds is 3. The van der Waals surface area contributed by atoms with E-state index in [1.54, 1.807) is 0 Å². The van der Waals surface area contributed by atoms with E-state index in [2.05, 4.69) is 15.6 Å². The van der Waals surface area contributed by atoms with E-state index in [1.165, 1.54) is 19.1 Å². The van der Waals surface area contributed by atoms with E-state index in [1.807, 2.05) is 0 Å². The second-order valence-corrected chi connectivity index (χ2v) is 9.98. The minimum Gasteiger partial charge on any atom is -0.463 e. The minimum absolute atomic E-state index is 0.276. The van der Waals surface area contributed by atoms with Crippen molar-refractivity contribution in [1.82, 2.24) is 9.62 Å². The second-order valence-electron chi connectivity index (χ2n) is 7.58. The Labute approximate surface area is 196 Å². The lowest BCUT2D eigenvalue weighted by atomic mass is 9.92. The van der Waals surface area contributed by atoms with Gasteiger partial charge in [-0.1, -0.05) is 23.7 Å². The van der Waals surface area contributed by atoms with Gasteiger partial charge in [0, 0.05) is 12.6 Å². The number of carboxylic acid groups (broad SMARTS) is 1. The first kappa shape index (κ1) is 25.4. The molecule has 1 atom stereocenters. The number of alkyl halides is 3. The lowest BCUT2D eigenvalue weighted by molar-refractivity contribution is -0.136. The molecular formula is C19H18ClF4N5O4S. The molecule has 0 spiro atoms. The Hall–Kier alpha value is -3.26. The summed E-state index contributed by atoms with van der Waals surface area (Å²) in [4.78, 5) is 14.2. The van der Waals surface area contributed by atoms with Crippen molar-refractivity contribution in [3.05, 3.63) is 52.3 Å². The molecule has 5 N–H and O–H groups in total. The maximum atomic E-state index is 15.6. The highest BCUT2D eigenvalue weighted by molar-refractivity contribution is 7.89. The molecule has 184 valence electrons. The Bertz CT molecular complexity index is 1300. The summed E-state index contributed by atoms with van der Waals surface area (Å²) in [5.41, 5.74) is 0.895. The molecule has 1 fully saturated rings. The molecule has 1 amide bonds. The minimum atomic E-state index is -4.92. The maximum absolute atomic E-state index is 15.6. The van der Waals surface area contributed by atoms with Gasteiger partial charge >= 0.3 is 12.3 Å². The zero-order valence-electron chi connectivity index (χ0n) is 17.5. The first-order valence-electron chi connectivity index (χ1n) is 9.34. The van der Waals surface area contributed by atoms with Gasteiger partial charge in [0.15, 0.2) is 5.82 Å². The van der Waals surface area contributed by atoms with E-state index < -0.39 is 67.3 Å². The number of halogens is 5. The maximum Gasteiger partial charge on any atom is 0.434 e. The average Bonchev–Trinajstić information content (AvgIpc) is 2.68. The van der Waals surface area contributed by atoms with Crippen LogP contribution in [0.1, 0.15) is 18.1 Å². The van der Waals surface area contributed by atoms with Crippen LogP contribution in [0.4, 0.5) is 39.4 Å². The van der Waals surface area contributed by atoms with E-state index >= 15 is 4.39 Å². The number of benzene rings is 2.